The quantitative estimate of drug-likeness (QED) is 0.732. The van der Waals surface area contributed by atoms with Crippen molar-refractivity contribution in [3.05, 3.63) is 35.9 Å². The van der Waals surface area contributed by atoms with Gasteiger partial charge in [0.1, 0.15) is 0 Å². The SMILES string of the molecule is CC(C)NS(=O)(=O)NCC(Cc1ccccc1)N1CCOCC1. The van der Waals surface area contributed by atoms with Crippen LogP contribution in [0.2, 0.25) is 0 Å². The van der Waals surface area contributed by atoms with Crippen molar-refractivity contribution in [3.63, 3.8) is 0 Å². The van der Waals surface area contributed by atoms with Crippen LogP contribution in [0, 0.1) is 0 Å². The smallest absolute Gasteiger partial charge is 0.277 e. The van der Waals surface area contributed by atoms with Crippen molar-refractivity contribution in [2.75, 3.05) is 32.8 Å². The number of nitrogens with one attached hydrogen (secondary N) is 2. The lowest BCUT2D eigenvalue weighted by Gasteiger charge is -2.34. The fourth-order valence-electron chi connectivity index (χ4n) is 2.72. The van der Waals surface area contributed by atoms with E-state index in [0.29, 0.717) is 19.8 Å². The van der Waals surface area contributed by atoms with Gasteiger partial charge in [-0.1, -0.05) is 30.3 Å². The number of benzene rings is 1. The molecule has 2 N–H and O–H groups in total. The van der Waals surface area contributed by atoms with Crippen LogP contribution in [-0.2, 0) is 21.4 Å². The molecule has 23 heavy (non-hydrogen) atoms. The monoisotopic (exact) mass is 341 g/mol. The minimum Gasteiger partial charge on any atom is -0.379 e. The highest BCUT2D eigenvalue weighted by Crippen LogP contribution is 2.11. The summed E-state index contributed by atoms with van der Waals surface area (Å²) < 4.78 is 34.7. The van der Waals surface area contributed by atoms with Crippen LogP contribution in [0.15, 0.2) is 30.3 Å². The zero-order valence-corrected chi connectivity index (χ0v) is 14.7. The van der Waals surface area contributed by atoms with Gasteiger partial charge in [-0.2, -0.15) is 13.1 Å². The highest BCUT2D eigenvalue weighted by molar-refractivity contribution is 7.87. The second-order valence-corrected chi connectivity index (χ2v) is 7.65. The van der Waals surface area contributed by atoms with Gasteiger partial charge in [-0.25, -0.2) is 4.72 Å². The van der Waals surface area contributed by atoms with Crippen LogP contribution in [-0.4, -0.2) is 58.2 Å². The summed E-state index contributed by atoms with van der Waals surface area (Å²) >= 11 is 0. The van der Waals surface area contributed by atoms with E-state index in [2.05, 4.69) is 26.5 Å². The molecule has 0 amide bonds. The van der Waals surface area contributed by atoms with E-state index in [9.17, 15) is 8.42 Å². The van der Waals surface area contributed by atoms with E-state index in [1.54, 1.807) is 0 Å². The number of nitrogens with zero attached hydrogens (tertiary/aromatic N) is 1. The number of ether oxygens (including phenoxy) is 1. The lowest BCUT2D eigenvalue weighted by atomic mass is 10.0. The third kappa shape index (κ3) is 6.56. The number of hydrogen-bond donors (Lipinski definition) is 2. The van der Waals surface area contributed by atoms with Crippen LogP contribution >= 0.6 is 0 Å². The van der Waals surface area contributed by atoms with Crippen molar-refractivity contribution >= 4 is 10.2 Å². The molecule has 2 rings (SSSR count). The molecule has 1 unspecified atom stereocenters. The topological polar surface area (TPSA) is 70.7 Å². The Balaban J connectivity index is 2.01. The lowest BCUT2D eigenvalue weighted by molar-refractivity contribution is 0.0177. The summed E-state index contributed by atoms with van der Waals surface area (Å²) in [6, 6.07) is 10.2. The van der Waals surface area contributed by atoms with E-state index >= 15 is 0 Å². The van der Waals surface area contributed by atoms with E-state index < -0.39 is 10.2 Å². The summed E-state index contributed by atoms with van der Waals surface area (Å²) in [6.07, 6.45) is 0.811. The molecule has 0 radical (unpaired) electrons. The molecular weight excluding hydrogens is 314 g/mol. The number of rotatable bonds is 8. The Labute approximate surface area is 139 Å². The van der Waals surface area contributed by atoms with Crippen molar-refractivity contribution in [1.82, 2.24) is 14.3 Å². The Hall–Kier alpha value is -0.990. The second kappa shape index (κ2) is 8.75. The molecule has 1 saturated heterocycles. The first-order valence-electron chi connectivity index (χ1n) is 8.09. The van der Waals surface area contributed by atoms with Crippen molar-refractivity contribution in [2.24, 2.45) is 0 Å². The summed E-state index contributed by atoms with van der Waals surface area (Å²) in [5.41, 5.74) is 1.21. The van der Waals surface area contributed by atoms with Gasteiger partial charge in [0, 0.05) is 31.7 Å². The molecule has 130 valence electrons. The van der Waals surface area contributed by atoms with Crippen molar-refractivity contribution in [2.45, 2.75) is 32.4 Å². The average molecular weight is 341 g/mol. The van der Waals surface area contributed by atoms with Crippen molar-refractivity contribution in [3.8, 4) is 0 Å². The first kappa shape index (κ1) is 18.4. The molecule has 1 aromatic carbocycles. The first-order chi connectivity index (χ1) is 11.0. The molecule has 0 saturated carbocycles. The van der Waals surface area contributed by atoms with Crippen LogP contribution < -0.4 is 9.44 Å². The van der Waals surface area contributed by atoms with Crippen molar-refractivity contribution < 1.29 is 13.2 Å². The number of hydrogen-bond acceptors (Lipinski definition) is 4. The van der Waals surface area contributed by atoms with Gasteiger partial charge in [-0.3, -0.25) is 4.90 Å². The van der Waals surface area contributed by atoms with Gasteiger partial charge in [0.05, 0.1) is 13.2 Å². The first-order valence-corrected chi connectivity index (χ1v) is 9.57. The van der Waals surface area contributed by atoms with E-state index in [-0.39, 0.29) is 12.1 Å². The van der Waals surface area contributed by atoms with Gasteiger partial charge < -0.3 is 4.74 Å². The largest absolute Gasteiger partial charge is 0.379 e. The van der Waals surface area contributed by atoms with Crippen LogP contribution in [0.3, 0.4) is 0 Å². The Morgan fingerprint density at radius 1 is 1.17 bits per heavy atom. The van der Waals surface area contributed by atoms with E-state index in [1.807, 2.05) is 32.0 Å². The Morgan fingerprint density at radius 3 is 2.43 bits per heavy atom. The van der Waals surface area contributed by atoms with E-state index in [4.69, 9.17) is 4.74 Å². The van der Waals surface area contributed by atoms with Crippen LogP contribution in [0.4, 0.5) is 0 Å². The van der Waals surface area contributed by atoms with E-state index in [0.717, 1.165) is 19.5 Å². The highest BCUT2D eigenvalue weighted by atomic mass is 32.2. The molecule has 0 bridgehead atoms. The average Bonchev–Trinajstić information content (AvgIpc) is 2.52. The van der Waals surface area contributed by atoms with Gasteiger partial charge >= 0.3 is 0 Å². The van der Waals surface area contributed by atoms with E-state index in [1.165, 1.54) is 5.56 Å². The minimum atomic E-state index is -3.46. The van der Waals surface area contributed by atoms with Crippen LogP contribution in [0.1, 0.15) is 19.4 Å². The Bertz CT molecular complexity index is 557. The molecule has 1 heterocycles. The van der Waals surface area contributed by atoms with Gasteiger partial charge in [0.15, 0.2) is 0 Å². The summed E-state index contributed by atoms with van der Waals surface area (Å²) in [6.45, 7) is 7.06. The highest BCUT2D eigenvalue weighted by Gasteiger charge is 2.23. The third-order valence-corrected chi connectivity index (χ3v) is 5.10. The summed E-state index contributed by atoms with van der Waals surface area (Å²) in [7, 11) is -3.46. The predicted molar refractivity (Wildman–Crippen MR) is 91.5 cm³/mol. The molecule has 1 aliphatic rings. The maximum Gasteiger partial charge on any atom is 0.277 e. The summed E-state index contributed by atoms with van der Waals surface area (Å²) in [4.78, 5) is 2.30. The van der Waals surface area contributed by atoms with Gasteiger partial charge in [-0.15, -0.1) is 0 Å². The molecule has 1 fully saturated rings. The molecule has 1 atom stereocenters. The maximum absolute atomic E-state index is 12.0. The molecule has 7 heteroatoms. The van der Waals surface area contributed by atoms with Crippen molar-refractivity contribution in [1.29, 1.82) is 0 Å². The molecule has 0 spiro atoms. The summed E-state index contributed by atoms with van der Waals surface area (Å²) in [5, 5.41) is 0. The maximum atomic E-state index is 12.0. The lowest BCUT2D eigenvalue weighted by Crippen LogP contribution is -2.51. The van der Waals surface area contributed by atoms with Gasteiger partial charge in [0.2, 0.25) is 0 Å². The van der Waals surface area contributed by atoms with Gasteiger partial charge in [-0.05, 0) is 25.8 Å². The zero-order chi connectivity index (χ0) is 16.7. The fraction of sp³-hybridized carbons (Fsp3) is 0.625. The molecule has 0 aliphatic carbocycles. The predicted octanol–water partition coefficient (Wildman–Crippen LogP) is 0.762. The fourth-order valence-corrected chi connectivity index (χ4v) is 3.83. The number of morpholine rings is 1. The molecule has 1 aromatic rings. The molecule has 0 aromatic heterocycles. The summed E-state index contributed by atoms with van der Waals surface area (Å²) in [5.74, 6) is 0. The minimum absolute atomic E-state index is 0.116. The third-order valence-electron chi connectivity index (χ3n) is 3.78. The van der Waals surface area contributed by atoms with Crippen LogP contribution in [0.25, 0.3) is 0 Å². The Morgan fingerprint density at radius 2 is 1.83 bits per heavy atom. The zero-order valence-electron chi connectivity index (χ0n) is 13.9. The standard InChI is InChI=1S/C16H27N3O3S/c1-14(2)18-23(20,21)17-13-16(19-8-10-22-11-9-19)12-15-6-4-3-5-7-15/h3-7,14,16-18H,8-13H2,1-2H3. The Kier molecular flexibility index (Phi) is 6.98. The van der Waals surface area contributed by atoms with Crippen LogP contribution in [0.5, 0.6) is 0 Å². The second-order valence-electron chi connectivity index (χ2n) is 6.12. The van der Waals surface area contributed by atoms with Gasteiger partial charge in [0.25, 0.3) is 10.2 Å². The normalized spacial score (nSPS) is 18.2. The molecule has 6 nitrogen and oxygen atoms in total. The molecule has 1 aliphatic heterocycles. The molecular formula is C16H27N3O3S.